The van der Waals surface area contributed by atoms with E-state index in [1.807, 2.05) is 18.2 Å². The Labute approximate surface area is 167 Å². The molecule has 1 atom stereocenters. The normalized spacial score (nSPS) is 17.6. The Morgan fingerprint density at radius 1 is 1.25 bits per heavy atom. The van der Waals surface area contributed by atoms with Gasteiger partial charge < -0.3 is 5.32 Å². The molecule has 0 saturated carbocycles. The molecule has 0 radical (unpaired) electrons. The van der Waals surface area contributed by atoms with Crippen molar-refractivity contribution in [2.45, 2.75) is 31.8 Å². The minimum atomic E-state index is -0.0807. The number of fused-ring (bicyclic) bond motifs is 1. The molecular formula is C20H23N5O2S. The van der Waals surface area contributed by atoms with Crippen LogP contribution in [0.5, 0.6) is 0 Å². The largest absolute Gasteiger partial charge is 0.350 e. The first-order valence-electron chi connectivity index (χ1n) is 9.58. The highest BCUT2D eigenvalue weighted by molar-refractivity contribution is 7.16. The fourth-order valence-corrected chi connectivity index (χ4v) is 4.39. The first-order chi connectivity index (χ1) is 13.7. The third-order valence-corrected chi connectivity index (χ3v) is 6.02. The van der Waals surface area contributed by atoms with Crippen molar-refractivity contribution in [3.63, 3.8) is 0 Å². The predicted octanol–water partition coefficient (Wildman–Crippen LogP) is 2.14. The Kier molecular flexibility index (Phi) is 5.78. The summed E-state index contributed by atoms with van der Waals surface area (Å²) in [6.07, 6.45) is 4.98. The highest BCUT2D eigenvalue weighted by atomic mass is 32.1. The van der Waals surface area contributed by atoms with E-state index in [4.69, 9.17) is 0 Å². The summed E-state index contributed by atoms with van der Waals surface area (Å²) in [6.45, 7) is 2.90. The van der Waals surface area contributed by atoms with Gasteiger partial charge in [-0.05, 0) is 43.7 Å². The number of piperidine rings is 1. The van der Waals surface area contributed by atoms with Gasteiger partial charge in [-0.25, -0.2) is 9.67 Å². The van der Waals surface area contributed by atoms with Crippen LogP contribution in [0.1, 0.15) is 29.6 Å². The summed E-state index contributed by atoms with van der Waals surface area (Å²) in [4.78, 5) is 31.0. The summed E-state index contributed by atoms with van der Waals surface area (Å²) in [7, 11) is 0. The smallest absolute Gasteiger partial charge is 0.266 e. The lowest BCUT2D eigenvalue weighted by Crippen LogP contribution is -2.48. The summed E-state index contributed by atoms with van der Waals surface area (Å²) in [5, 5.41) is 7.21. The molecule has 1 unspecified atom stereocenters. The van der Waals surface area contributed by atoms with Crippen molar-refractivity contribution in [3.8, 4) is 0 Å². The van der Waals surface area contributed by atoms with E-state index in [1.54, 1.807) is 17.8 Å². The van der Waals surface area contributed by atoms with E-state index >= 15 is 0 Å². The second-order valence-corrected chi connectivity index (χ2v) is 7.90. The van der Waals surface area contributed by atoms with Crippen LogP contribution in [-0.2, 0) is 6.54 Å². The topological polar surface area (TPSA) is 80.1 Å². The van der Waals surface area contributed by atoms with E-state index in [-0.39, 0.29) is 17.5 Å². The molecule has 1 amide bonds. The molecule has 0 spiro atoms. The number of aromatic nitrogens is 3. The van der Waals surface area contributed by atoms with E-state index in [0.29, 0.717) is 18.7 Å². The van der Waals surface area contributed by atoms with Gasteiger partial charge in [-0.15, -0.1) is 11.3 Å². The summed E-state index contributed by atoms with van der Waals surface area (Å²) in [5.74, 6) is -0.0539. The number of hydrogen-bond acceptors (Lipinski definition) is 6. The van der Waals surface area contributed by atoms with Gasteiger partial charge in [0.25, 0.3) is 11.5 Å². The van der Waals surface area contributed by atoms with Crippen LogP contribution in [0.15, 0.2) is 46.8 Å². The molecule has 0 bridgehead atoms. The number of nitrogens with one attached hydrogen (secondary N) is 1. The zero-order valence-corrected chi connectivity index (χ0v) is 16.4. The minimum absolute atomic E-state index is 0.0539. The molecular weight excluding hydrogens is 374 g/mol. The fourth-order valence-electron chi connectivity index (χ4n) is 3.67. The number of carbonyl (C=O) groups excluding carboxylic acids is 1. The molecule has 1 aliphatic rings. The van der Waals surface area contributed by atoms with Gasteiger partial charge in [-0.1, -0.05) is 6.42 Å². The van der Waals surface area contributed by atoms with Crippen molar-refractivity contribution in [3.05, 3.63) is 58.0 Å². The first kappa shape index (κ1) is 18.8. The SMILES string of the molecule is O=C(NCC1CCCCN1CCn1ncccc1=O)c1ccc2ncsc2c1. The van der Waals surface area contributed by atoms with Crippen LogP contribution in [-0.4, -0.2) is 51.2 Å². The molecule has 1 fully saturated rings. The molecule has 0 aliphatic carbocycles. The molecule has 1 aromatic carbocycles. The van der Waals surface area contributed by atoms with E-state index in [0.717, 1.165) is 42.6 Å². The number of likely N-dealkylation sites (tertiary alicyclic amines) is 1. The standard InChI is InChI=1S/C20H23N5O2S/c26-19-5-3-8-23-25(19)11-10-24-9-2-1-4-16(24)13-21-20(27)15-6-7-17-18(12-15)28-14-22-17/h3,5-8,12,14,16H,1-2,4,9-11,13H2,(H,21,27). The highest BCUT2D eigenvalue weighted by Gasteiger charge is 2.23. The minimum Gasteiger partial charge on any atom is -0.350 e. The van der Waals surface area contributed by atoms with Gasteiger partial charge in [0.2, 0.25) is 0 Å². The molecule has 1 aliphatic heterocycles. The lowest BCUT2D eigenvalue weighted by atomic mass is 10.0. The van der Waals surface area contributed by atoms with Gasteiger partial charge in [0.15, 0.2) is 0 Å². The molecule has 8 heteroatoms. The molecule has 2 aromatic heterocycles. The maximum Gasteiger partial charge on any atom is 0.266 e. The first-order valence-corrected chi connectivity index (χ1v) is 10.5. The zero-order chi connectivity index (χ0) is 19.3. The van der Waals surface area contributed by atoms with Gasteiger partial charge in [0.1, 0.15) is 0 Å². The van der Waals surface area contributed by atoms with Crippen LogP contribution in [0, 0.1) is 0 Å². The lowest BCUT2D eigenvalue weighted by molar-refractivity contribution is 0.0909. The van der Waals surface area contributed by atoms with Crippen molar-refractivity contribution in [1.29, 1.82) is 0 Å². The van der Waals surface area contributed by atoms with Crippen LogP contribution in [0.25, 0.3) is 10.2 Å². The predicted molar refractivity (Wildman–Crippen MR) is 110 cm³/mol. The Bertz CT molecular complexity index is 1010. The van der Waals surface area contributed by atoms with Crippen molar-refractivity contribution in [1.82, 2.24) is 25.0 Å². The monoisotopic (exact) mass is 397 g/mol. The molecule has 146 valence electrons. The quantitative estimate of drug-likeness (QED) is 0.689. The van der Waals surface area contributed by atoms with Crippen LogP contribution in [0.3, 0.4) is 0 Å². The second-order valence-electron chi connectivity index (χ2n) is 7.02. The molecule has 3 heterocycles. The van der Waals surface area contributed by atoms with E-state index < -0.39 is 0 Å². The maximum absolute atomic E-state index is 12.6. The number of nitrogens with zero attached hydrogens (tertiary/aromatic N) is 4. The zero-order valence-electron chi connectivity index (χ0n) is 15.6. The number of benzene rings is 1. The number of carbonyl (C=O) groups is 1. The molecule has 1 N–H and O–H groups in total. The van der Waals surface area contributed by atoms with Crippen molar-refractivity contribution < 1.29 is 4.79 Å². The Morgan fingerprint density at radius 2 is 2.18 bits per heavy atom. The molecule has 4 rings (SSSR count). The Morgan fingerprint density at radius 3 is 3.07 bits per heavy atom. The van der Waals surface area contributed by atoms with E-state index in [9.17, 15) is 9.59 Å². The summed E-state index contributed by atoms with van der Waals surface area (Å²) in [5.41, 5.74) is 3.30. The van der Waals surface area contributed by atoms with Crippen LogP contribution >= 0.6 is 11.3 Å². The highest BCUT2D eigenvalue weighted by Crippen LogP contribution is 2.20. The summed E-state index contributed by atoms with van der Waals surface area (Å²) < 4.78 is 2.52. The number of amides is 1. The van der Waals surface area contributed by atoms with Crippen LogP contribution in [0.4, 0.5) is 0 Å². The van der Waals surface area contributed by atoms with E-state index in [1.165, 1.54) is 22.1 Å². The number of rotatable bonds is 6. The maximum atomic E-state index is 12.6. The third-order valence-electron chi connectivity index (χ3n) is 5.23. The molecule has 3 aromatic rings. The number of hydrogen-bond donors (Lipinski definition) is 1. The van der Waals surface area contributed by atoms with Crippen molar-refractivity contribution in [2.24, 2.45) is 0 Å². The molecule has 7 nitrogen and oxygen atoms in total. The van der Waals surface area contributed by atoms with Gasteiger partial charge in [-0.3, -0.25) is 14.5 Å². The Balaban J connectivity index is 1.35. The molecule has 28 heavy (non-hydrogen) atoms. The van der Waals surface area contributed by atoms with E-state index in [2.05, 4.69) is 20.3 Å². The summed E-state index contributed by atoms with van der Waals surface area (Å²) in [6, 6.07) is 9.07. The average molecular weight is 398 g/mol. The number of thiazole rings is 1. The fraction of sp³-hybridized carbons (Fsp3) is 0.400. The second kappa shape index (κ2) is 8.62. The van der Waals surface area contributed by atoms with Crippen LogP contribution in [0.2, 0.25) is 0 Å². The van der Waals surface area contributed by atoms with Crippen LogP contribution < -0.4 is 10.9 Å². The Hall–Kier alpha value is -2.58. The van der Waals surface area contributed by atoms with Gasteiger partial charge in [0, 0.05) is 37.0 Å². The van der Waals surface area contributed by atoms with Gasteiger partial charge in [0.05, 0.1) is 22.3 Å². The van der Waals surface area contributed by atoms with Crippen molar-refractivity contribution >= 4 is 27.5 Å². The lowest BCUT2D eigenvalue weighted by Gasteiger charge is -2.35. The summed E-state index contributed by atoms with van der Waals surface area (Å²) >= 11 is 1.54. The third kappa shape index (κ3) is 4.28. The van der Waals surface area contributed by atoms with Gasteiger partial charge in [-0.2, -0.15) is 5.10 Å². The average Bonchev–Trinajstić information content (AvgIpc) is 3.20. The van der Waals surface area contributed by atoms with Crippen molar-refractivity contribution in [2.75, 3.05) is 19.6 Å². The molecule has 1 saturated heterocycles. The van der Waals surface area contributed by atoms with Gasteiger partial charge >= 0.3 is 0 Å².